The van der Waals surface area contributed by atoms with Crippen molar-refractivity contribution in [1.29, 1.82) is 0 Å². The van der Waals surface area contributed by atoms with Gasteiger partial charge in [-0.25, -0.2) is 0 Å². The van der Waals surface area contributed by atoms with Crippen LogP contribution in [-0.4, -0.2) is 275 Å². The molecule has 0 aliphatic carbocycles. The molecule has 5 aliphatic heterocycles. The highest BCUT2D eigenvalue weighted by atomic mass is 16.8. The fraction of sp³-hybridized carbons (Fsp3) is 0.941. The summed E-state index contributed by atoms with van der Waals surface area (Å²) < 4.78 is 50.7. The molecule has 0 saturated carbocycles. The highest BCUT2D eigenvalue weighted by Crippen LogP contribution is 2.35. The van der Waals surface area contributed by atoms with Gasteiger partial charge in [0.15, 0.2) is 31.4 Å². The first-order chi connectivity index (χ1) is 29.3. The Kier molecular flexibility index (Phi) is 18.1. The first kappa shape index (κ1) is 51.0. The van der Waals surface area contributed by atoms with Crippen molar-refractivity contribution >= 4 is 11.8 Å². The van der Waals surface area contributed by atoms with Crippen LogP contribution >= 0.6 is 0 Å². The van der Waals surface area contributed by atoms with Crippen LogP contribution < -0.4 is 10.6 Å². The van der Waals surface area contributed by atoms with Gasteiger partial charge >= 0.3 is 0 Å². The van der Waals surface area contributed by atoms with E-state index in [0.717, 1.165) is 13.8 Å². The molecule has 0 spiro atoms. The Labute approximate surface area is 351 Å². The Morgan fingerprint density at radius 1 is 0.387 bits per heavy atom. The lowest BCUT2D eigenvalue weighted by Gasteiger charge is -2.50. The van der Waals surface area contributed by atoms with E-state index in [1.807, 2.05) is 0 Å². The Morgan fingerprint density at radius 3 is 1.21 bits per heavy atom. The number of aliphatic hydroxyl groups is 15. The molecule has 28 heteroatoms. The maximum atomic E-state index is 12.4. The van der Waals surface area contributed by atoms with Crippen molar-refractivity contribution in [3.8, 4) is 0 Å². The second kappa shape index (κ2) is 22.0. The number of ether oxygens (including phenoxy) is 9. The van der Waals surface area contributed by atoms with Gasteiger partial charge in [-0.1, -0.05) is 0 Å². The second-order valence-corrected chi connectivity index (χ2v) is 15.4. The maximum Gasteiger partial charge on any atom is 0.218 e. The van der Waals surface area contributed by atoms with E-state index in [1.54, 1.807) is 0 Å². The van der Waals surface area contributed by atoms with Crippen LogP contribution in [0.1, 0.15) is 13.8 Å². The summed E-state index contributed by atoms with van der Waals surface area (Å²) in [5.41, 5.74) is 0. The van der Waals surface area contributed by atoms with Gasteiger partial charge in [0, 0.05) is 13.8 Å². The molecule has 0 radical (unpaired) electrons. The summed E-state index contributed by atoms with van der Waals surface area (Å²) in [6, 6.07) is -1.73. The van der Waals surface area contributed by atoms with Crippen molar-refractivity contribution in [3.63, 3.8) is 0 Å². The fourth-order valence-electron chi connectivity index (χ4n) is 7.77. The standard InChI is InChI=1S/C34H58N2O26/c1-8(42)35-15-19(47)26(59-33-25(53)29(18(46)12(5-39)56-33)62-32-23(51)20(48)16(44)10(3-37)55-32)14(7-41)58-31(15)61-28-17(45)11(4-38)57-34(24(28)52)60-27-13(6-40)54-30(36-9(2)43)22(50)21(27)49/h10-34,37-41,44-53H,3-7H2,1-2H3,(H,35,42)(H,36,43)/t10-,11?,12-,13-,14?,15-,16-,17+,18-,19?,20?,21?,22?,23?,24-,25?,26+,27-,28?,29?,30+,31+,32-,33-,34+/m1/s1. The lowest BCUT2D eigenvalue weighted by atomic mass is 9.94. The molecule has 17 N–H and O–H groups in total. The lowest BCUT2D eigenvalue weighted by molar-refractivity contribution is -0.385. The number of rotatable bonds is 15. The molecular weight excluding hydrogens is 852 g/mol. The molecule has 25 atom stereocenters. The molecule has 360 valence electrons. The van der Waals surface area contributed by atoms with Crippen LogP contribution in [0.2, 0.25) is 0 Å². The van der Waals surface area contributed by atoms with Crippen LogP contribution in [0.3, 0.4) is 0 Å². The number of amides is 2. The second-order valence-electron chi connectivity index (χ2n) is 15.4. The highest BCUT2D eigenvalue weighted by Gasteiger charge is 2.57. The fourth-order valence-corrected chi connectivity index (χ4v) is 7.77. The van der Waals surface area contributed by atoms with E-state index in [2.05, 4.69) is 10.6 Å². The van der Waals surface area contributed by atoms with Gasteiger partial charge in [0.05, 0.1) is 33.0 Å². The minimum absolute atomic E-state index is 0.652. The topological polar surface area (TPSA) is 445 Å². The zero-order valence-corrected chi connectivity index (χ0v) is 33.2. The minimum Gasteiger partial charge on any atom is -0.394 e. The SMILES string of the molecule is CC(=O)N[C@@H]1C(O)[C@@H](O[C@H]2O[C@H](CO)[C@@H](O)C(O[C@H]3O[C@H](CO)[C@@H](O)C(O)C3O)C2O)C(CO)O[C@H]1OC1[C@@H](O)C(CO)O[C@@H](O[C@H]2C(O)C(O)[C@@H](NC(C)=O)O[C@@H]2CO)[C@@H]1O. The van der Waals surface area contributed by atoms with E-state index in [1.165, 1.54) is 0 Å². The highest BCUT2D eigenvalue weighted by molar-refractivity contribution is 5.73. The van der Waals surface area contributed by atoms with Crippen molar-refractivity contribution in [2.24, 2.45) is 0 Å². The Morgan fingerprint density at radius 2 is 0.758 bits per heavy atom. The molecule has 10 unspecified atom stereocenters. The van der Waals surface area contributed by atoms with Gasteiger partial charge in [-0.05, 0) is 0 Å². The molecule has 28 nitrogen and oxygen atoms in total. The van der Waals surface area contributed by atoms with Crippen LogP contribution in [0, 0.1) is 0 Å². The third kappa shape index (κ3) is 10.8. The maximum absolute atomic E-state index is 12.4. The predicted molar refractivity (Wildman–Crippen MR) is 190 cm³/mol. The van der Waals surface area contributed by atoms with Gasteiger partial charge < -0.3 is 130 Å². The van der Waals surface area contributed by atoms with Crippen molar-refractivity contribution < 1.29 is 129 Å². The molecule has 5 rings (SSSR count). The van der Waals surface area contributed by atoms with Crippen LogP contribution in [-0.2, 0) is 52.2 Å². The molecule has 0 aromatic carbocycles. The van der Waals surface area contributed by atoms with Crippen LogP contribution in [0.5, 0.6) is 0 Å². The summed E-state index contributed by atoms with van der Waals surface area (Å²) in [7, 11) is 0. The summed E-state index contributed by atoms with van der Waals surface area (Å²) in [6.45, 7) is -2.48. The van der Waals surface area contributed by atoms with Crippen LogP contribution in [0.4, 0.5) is 0 Å². The van der Waals surface area contributed by atoms with Crippen molar-refractivity contribution in [1.82, 2.24) is 10.6 Å². The predicted octanol–water partition coefficient (Wildman–Crippen LogP) is -11.6. The quantitative estimate of drug-likeness (QED) is 0.0725. The smallest absolute Gasteiger partial charge is 0.218 e. The zero-order valence-electron chi connectivity index (χ0n) is 33.2. The molecule has 0 aromatic heterocycles. The molecule has 62 heavy (non-hydrogen) atoms. The minimum atomic E-state index is -2.10. The molecule has 5 heterocycles. The lowest BCUT2D eigenvalue weighted by Crippen LogP contribution is -2.70. The summed E-state index contributed by atoms with van der Waals surface area (Å²) >= 11 is 0. The van der Waals surface area contributed by atoms with E-state index in [4.69, 9.17) is 42.6 Å². The third-order valence-electron chi connectivity index (χ3n) is 11.1. The normalized spacial score (nSPS) is 49.0. The average molecular weight is 911 g/mol. The van der Waals surface area contributed by atoms with Crippen molar-refractivity contribution in [3.05, 3.63) is 0 Å². The molecular formula is C34H58N2O26. The molecule has 5 saturated heterocycles. The zero-order chi connectivity index (χ0) is 45.9. The number of aliphatic hydroxyl groups excluding tert-OH is 15. The van der Waals surface area contributed by atoms with Crippen molar-refractivity contribution in [2.45, 2.75) is 167 Å². The Bertz CT molecular complexity index is 1440. The number of carbonyl (C=O) groups excluding carboxylic acids is 2. The van der Waals surface area contributed by atoms with Crippen molar-refractivity contribution in [2.75, 3.05) is 33.0 Å². The van der Waals surface area contributed by atoms with E-state index < -0.39 is 198 Å². The van der Waals surface area contributed by atoms with Gasteiger partial charge in [0.1, 0.15) is 122 Å². The first-order valence-corrected chi connectivity index (χ1v) is 19.6. The van der Waals surface area contributed by atoms with Gasteiger partial charge in [-0.2, -0.15) is 0 Å². The molecule has 5 fully saturated rings. The number of carbonyl (C=O) groups is 2. The van der Waals surface area contributed by atoms with Gasteiger partial charge in [0.2, 0.25) is 11.8 Å². The van der Waals surface area contributed by atoms with Gasteiger partial charge in [-0.15, -0.1) is 0 Å². The Balaban J connectivity index is 1.35. The third-order valence-corrected chi connectivity index (χ3v) is 11.1. The van der Waals surface area contributed by atoms with Gasteiger partial charge in [0.25, 0.3) is 0 Å². The summed E-state index contributed by atoms with van der Waals surface area (Å²) in [5.74, 6) is -1.47. The van der Waals surface area contributed by atoms with Crippen LogP contribution in [0.25, 0.3) is 0 Å². The molecule has 5 aliphatic rings. The molecule has 0 aromatic rings. The molecule has 0 bridgehead atoms. The number of nitrogens with one attached hydrogen (secondary N) is 2. The van der Waals surface area contributed by atoms with E-state index in [9.17, 15) is 86.2 Å². The molecule has 2 amide bonds. The summed E-state index contributed by atoms with van der Waals surface area (Å²) in [5, 5.41) is 163. The largest absolute Gasteiger partial charge is 0.394 e. The number of hydrogen-bond donors (Lipinski definition) is 17. The summed E-state index contributed by atoms with van der Waals surface area (Å²) in [4.78, 5) is 24.0. The van der Waals surface area contributed by atoms with Crippen LogP contribution in [0.15, 0.2) is 0 Å². The Hall–Kier alpha value is -2.02. The first-order valence-electron chi connectivity index (χ1n) is 19.6. The number of hydrogen-bond acceptors (Lipinski definition) is 26. The van der Waals surface area contributed by atoms with E-state index in [-0.39, 0.29) is 0 Å². The van der Waals surface area contributed by atoms with E-state index >= 15 is 0 Å². The van der Waals surface area contributed by atoms with Gasteiger partial charge in [-0.3, -0.25) is 9.59 Å². The average Bonchev–Trinajstić information content (AvgIpc) is 3.23. The van der Waals surface area contributed by atoms with E-state index in [0.29, 0.717) is 0 Å². The monoisotopic (exact) mass is 910 g/mol. The summed E-state index contributed by atoms with van der Waals surface area (Å²) in [6.07, 6.45) is -43.8.